The second-order valence-electron chi connectivity index (χ2n) is 0.136. The Labute approximate surface area is 137 Å². The van der Waals surface area contributed by atoms with Crippen LogP contribution in [0.1, 0.15) is 0 Å². The first-order valence-corrected chi connectivity index (χ1v) is 16.4. The van der Waals surface area contributed by atoms with Gasteiger partial charge in [0.25, 0.3) is 0 Å². The summed E-state index contributed by atoms with van der Waals surface area (Å²) in [5.74, 6) is 0. The van der Waals surface area contributed by atoms with Gasteiger partial charge in [-0.2, -0.15) is 0 Å². The van der Waals surface area contributed by atoms with E-state index in [2.05, 4.69) is 39.3 Å². The van der Waals surface area contributed by atoms with Crippen LogP contribution < -0.4 is 0 Å². The molecule has 0 saturated carbocycles. The molecule has 0 atom stereocenters. The normalized spacial score (nSPS) is 2.18. The Kier molecular flexibility index (Phi) is 268. The van der Waals surface area contributed by atoms with E-state index in [-0.39, 0.29) is 70.8 Å². The molecule has 77 valence electrons. The molecule has 0 saturated heterocycles. The Bertz CT molecular complexity index is 66.1. The fourth-order valence-electron chi connectivity index (χ4n) is 0. The van der Waals surface area contributed by atoms with Crippen LogP contribution in [0.2, 0.25) is 0 Å². The Morgan fingerprint density at radius 2 is 0.545 bits per heavy atom. The molecule has 11 heteroatoms. The summed E-state index contributed by atoms with van der Waals surface area (Å²) in [4.78, 5) is 0. The molecule has 0 nitrogen and oxygen atoms in total. The van der Waals surface area contributed by atoms with Gasteiger partial charge in [-0.25, -0.2) is 0 Å². The fourth-order valence-corrected chi connectivity index (χ4v) is 0. The Morgan fingerprint density at radius 3 is 0.545 bits per heavy atom. The van der Waals surface area contributed by atoms with Gasteiger partial charge in [-0.15, -0.1) is 0 Å². The third-order valence-electron chi connectivity index (χ3n) is 0. The van der Waals surface area contributed by atoms with Gasteiger partial charge in [0.1, 0.15) is 0 Å². The molecule has 0 N–H and O–H groups in total. The molecule has 0 spiro atoms. The third-order valence-corrected chi connectivity index (χ3v) is 0. The zero-order chi connectivity index (χ0) is 5.41. The average Bonchev–Trinajstić information content (AvgIpc) is 1.39. The molecule has 0 aromatic carbocycles. The van der Waals surface area contributed by atoms with E-state index in [4.69, 9.17) is 0 Å². The first-order valence-electron chi connectivity index (χ1n) is 0.667. The van der Waals surface area contributed by atoms with Crippen LogP contribution in [0.25, 0.3) is 0 Å². The molecule has 0 unspecified atom stereocenters. The fraction of sp³-hybridized carbons (Fsp3) is 0. The molecule has 11 heavy (non-hydrogen) atoms. The molecule has 0 amide bonds. The van der Waals surface area contributed by atoms with Crippen LogP contribution in [0.4, 0.5) is 0 Å². The van der Waals surface area contributed by atoms with Crippen LogP contribution in [-0.2, 0) is 101 Å². The van der Waals surface area contributed by atoms with E-state index in [0.717, 1.165) is 0 Å². The van der Waals surface area contributed by atoms with Crippen LogP contribution in [-0.4, -0.2) is 0 Å². The molecule has 0 aliphatic heterocycles. The van der Waals surface area contributed by atoms with Gasteiger partial charge in [-0.3, -0.25) is 0 Å². The van der Waals surface area contributed by atoms with E-state index < -0.39 is 29.8 Å². The molecular weight excluding hydrogens is 683 g/mol. The van der Waals surface area contributed by atoms with E-state index in [1.807, 2.05) is 0 Å². The molecule has 0 heterocycles. The summed E-state index contributed by atoms with van der Waals surface area (Å²) in [7, 11) is 17.5. The summed E-state index contributed by atoms with van der Waals surface area (Å²) < 4.78 is 0. The van der Waals surface area contributed by atoms with E-state index in [1.54, 1.807) is 0 Å². The molecule has 1 radical (unpaired) electrons. The van der Waals surface area contributed by atoms with Crippen LogP contribution in [0.3, 0.4) is 0 Å². The first kappa shape index (κ1) is 45.6. The SMILES string of the molecule is [Co].[SH-].[SH-].[SH-].[SH-].[S]=[W]=[S].[S]=[W]=[S]. The minimum atomic E-state index is -0.583. The van der Waals surface area contributed by atoms with E-state index in [0.29, 0.717) is 0 Å². The van der Waals surface area contributed by atoms with E-state index in [9.17, 15) is 0 Å². The minimum absolute atomic E-state index is 0. The zero-order valence-corrected chi connectivity index (χ0v) is 18.3. The Hall–Kier alpha value is 4.16. The summed E-state index contributed by atoms with van der Waals surface area (Å²) in [6.45, 7) is 0. The van der Waals surface area contributed by atoms with Gasteiger partial charge < -0.3 is 54.0 Å². The second-order valence-corrected chi connectivity index (χ2v) is 10.0. The number of rotatable bonds is 0. The van der Waals surface area contributed by atoms with E-state index in [1.165, 1.54) is 0 Å². The summed E-state index contributed by atoms with van der Waals surface area (Å²) in [5.41, 5.74) is 0. The molecule has 0 aliphatic rings. The molecule has 0 aromatic rings. The zero-order valence-electron chi connectivity index (χ0n) is 4.57. The van der Waals surface area contributed by atoms with Gasteiger partial charge in [-0.1, -0.05) is 0 Å². The van der Waals surface area contributed by atoms with Crippen molar-refractivity contribution in [3.8, 4) is 0 Å². The third kappa shape index (κ3) is 121. The summed E-state index contributed by atoms with van der Waals surface area (Å²) >= 11 is -1.17. The van der Waals surface area contributed by atoms with Crippen LogP contribution >= 0.6 is 39.3 Å². The Morgan fingerprint density at radius 1 is 0.545 bits per heavy atom. The average molecular weight is 687 g/mol. The van der Waals surface area contributed by atoms with Crippen molar-refractivity contribution in [2.75, 3.05) is 0 Å². The van der Waals surface area contributed by atoms with Crippen molar-refractivity contribution < 1.29 is 46.6 Å². The topological polar surface area (TPSA) is 0 Å². The van der Waals surface area contributed by atoms with Gasteiger partial charge in [0.15, 0.2) is 0 Å². The van der Waals surface area contributed by atoms with Gasteiger partial charge in [0, 0.05) is 16.8 Å². The monoisotopic (exact) mass is 687 g/mol. The number of hydrogen-bond acceptors (Lipinski definition) is 8. The van der Waals surface area contributed by atoms with Crippen molar-refractivity contribution in [2.24, 2.45) is 0 Å². The molecule has 0 bridgehead atoms. The second kappa shape index (κ2) is 64.6. The predicted octanol–water partition coefficient (Wildman–Crippen LogP) is 1.50. The van der Waals surface area contributed by atoms with Gasteiger partial charge in [0.2, 0.25) is 0 Å². The van der Waals surface area contributed by atoms with Crippen LogP contribution in [0, 0.1) is 0 Å². The van der Waals surface area contributed by atoms with Gasteiger partial charge >= 0.3 is 69.1 Å². The van der Waals surface area contributed by atoms with E-state index >= 15 is 0 Å². The maximum absolute atomic E-state index is 4.38. The van der Waals surface area contributed by atoms with Crippen molar-refractivity contribution in [3.05, 3.63) is 0 Å². The van der Waals surface area contributed by atoms with Crippen molar-refractivity contribution in [2.45, 2.75) is 0 Å². The van der Waals surface area contributed by atoms with Crippen molar-refractivity contribution in [3.63, 3.8) is 0 Å². The van der Waals surface area contributed by atoms with Crippen molar-refractivity contribution in [1.82, 2.24) is 0 Å². The first-order chi connectivity index (χ1) is 2.83. The quantitative estimate of drug-likeness (QED) is 0.275. The van der Waals surface area contributed by atoms with Crippen LogP contribution in [0.15, 0.2) is 0 Å². The number of hydrogen-bond donors (Lipinski definition) is 0. The van der Waals surface area contributed by atoms with Crippen LogP contribution in [0.5, 0.6) is 0 Å². The van der Waals surface area contributed by atoms with Crippen molar-refractivity contribution in [1.29, 1.82) is 0 Å². The Balaban J connectivity index is -0.00000000400. The van der Waals surface area contributed by atoms with Crippen molar-refractivity contribution >= 4 is 93.3 Å². The molecule has 0 fully saturated rings. The predicted molar refractivity (Wildman–Crippen MR) is 65.4 cm³/mol. The van der Waals surface area contributed by atoms with Gasteiger partial charge in [-0.05, 0) is 0 Å². The standard InChI is InChI=1S/Co.4H2S.4S.2W/h;4*1H2;;;;;;/p-4. The maximum atomic E-state index is 4.38. The van der Waals surface area contributed by atoms with Gasteiger partial charge in [0.05, 0.1) is 0 Å². The molecule has 0 aromatic heterocycles. The number of thiol groups is 4. The summed E-state index contributed by atoms with van der Waals surface area (Å²) in [6, 6.07) is 0. The summed E-state index contributed by atoms with van der Waals surface area (Å²) in [5, 5.41) is 0. The summed E-state index contributed by atoms with van der Waals surface area (Å²) in [6.07, 6.45) is 0. The molecule has 0 rings (SSSR count). The molecular formula is H4CoS8W2-4. The molecule has 0 aliphatic carbocycles.